The number of allylic oxidation sites excluding steroid dienone is 1. The molecule has 108 valence electrons. The predicted octanol–water partition coefficient (Wildman–Crippen LogP) is 0.436. The molecule has 0 fully saturated rings. The minimum absolute atomic E-state index is 0.0121. The largest absolute Gasteiger partial charge is 0.463 e. The Morgan fingerprint density at radius 1 is 1.35 bits per heavy atom. The Bertz CT molecular complexity index is 494. The molecule has 0 spiro atoms. The van der Waals surface area contributed by atoms with E-state index in [2.05, 4.69) is 4.74 Å². The van der Waals surface area contributed by atoms with E-state index in [1.54, 1.807) is 20.0 Å². The quantitative estimate of drug-likeness (QED) is 0.551. The molecule has 0 saturated carbocycles. The van der Waals surface area contributed by atoms with Crippen LogP contribution in [0, 0.1) is 5.92 Å². The van der Waals surface area contributed by atoms with Gasteiger partial charge in [-0.25, -0.2) is 9.59 Å². The minimum atomic E-state index is -0.588. The maximum atomic E-state index is 12.0. The molecule has 0 radical (unpaired) electrons. The second-order valence-electron chi connectivity index (χ2n) is 4.66. The van der Waals surface area contributed by atoms with Gasteiger partial charge in [0.05, 0.1) is 24.1 Å². The minimum Gasteiger partial charge on any atom is -0.463 e. The molecule has 2 heterocycles. The molecule has 0 unspecified atom stereocenters. The molecule has 2 atom stereocenters. The van der Waals surface area contributed by atoms with Crippen molar-refractivity contribution in [1.82, 2.24) is 4.90 Å². The molecule has 20 heavy (non-hydrogen) atoms. The Kier molecular flexibility index (Phi) is 4.22. The highest BCUT2D eigenvalue weighted by molar-refractivity contribution is 5.95. The molecular weight excluding hydrogens is 262 g/mol. The second kappa shape index (κ2) is 5.90. The van der Waals surface area contributed by atoms with E-state index >= 15 is 0 Å². The van der Waals surface area contributed by atoms with Gasteiger partial charge in [0.1, 0.15) is 0 Å². The van der Waals surface area contributed by atoms with Crippen molar-refractivity contribution < 1.29 is 23.9 Å². The van der Waals surface area contributed by atoms with Crippen LogP contribution in [0.2, 0.25) is 0 Å². The smallest absolute Gasteiger partial charge is 0.344 e. The Balaban J connectivity index is 2.03. The van der Waals surface area contributed by atoms with Crippen LogP contribution >= 0.6 is 0 Å². The van der Waals surface area contributed by atoms with Crippen molar-refractivity contribution in [3.05, 3.63) is 23.8 Å². The maximum absolute atomic E-state index is 12.0. The number of carbonyl (C=O) groups is 3. The van der Waals surface area contributed by atoms with Gasteiger partial charge in [-0.05, 0) is 13.3 Å². The van der Waals surface area contributed by atoms with Crippen molar-refractivity contribution in [2.75, 3.05) is 20.3 Å². The van der Waals surface area contributed by atoms with Crippen molar-refractivity contribution in [3.8, 4) is 0 Å². The fraction of sp³-hybridized carbons (Fsp3) is 0.500. The third-order valence-corrected chi connectivity index (χ3v) is 3.38. The van der Waals surface area contributed by atoms with E-state index in [0.717, 1.165) is 0 Å². The van der Waals surface area contributed by atoms with Gasteiger partial charge in [-0.15, -0.1) is 0 Å². The number of likely N-dealkylation sites (N-methyl/N-ethyl adjacent to an activating group) is 1. The highest BCUT2D eigenvalue weighted by Crippen LogP contribution is 2.28. The first-order valence-electron chi connectivity index (χ1n) is 6.52. The van der Waals surface area contributed by atoms with Gasteiger partial charge < -0.3 is 14.4 Å². The molecule has 1 aliphatic carbocycles. The lowest BCUT2D eigenvalue weighted by atomic mass is 10.0. The number of fused-ring (bicyclic) bond motifs is 2. The number of hydrogen-bond acceptors (Lipinski definition) is 5. The Morgan fingerprint density at radius 3 is 2.80 bits per heavy atom. The van der Waals surface area contributed by atoms with Crippen molar-refractivity contribution in [2.45, 2.75) is 19.4 Å². The number of rotatable bonds is 4. The zero-order chi connectivity index (χ0) is 14.7. The maximum Gasteiger partial charge on any atom is 0.344 e. The van der Waals surface area contributed by atoms with Crippen LogP contribution in [0.3, 0.4) is 0 Å². The molecule has 6 heteroatoms. The van der Waals surface area contributed by atoms with E-state index in [1.807, 2.05) is 12.2 Å². The number of carbonyl (C=O) groups excluding carboxylic acids is 3. The average Bonchev–Trinajstić information content (AvgIpc) is 2.70. The van der Waals surface area contributed by atoms with Crippen LogP contribution in [0.15, 0.2) is 23.8 Å². The highest BCUT2D eigenvalue weighted by Gasteiger charge is 2.36. The van der Waals surface area contributed by atoms with Gasteiger partial charge in [0.15, 0.2) is 6.61 Å². The monoisotopic (exact) mass is 279 g/mol. The summed E-state index contributed by atoms with van der Waals surface area (Å²) in [6.45, 7) is 1.50. The van der Waals surface area contributed by atoms with Gasteiger partial charge in [-0.3, -0.25) is 4.79 Å². The van der Waals surface area contributed by atoms with Crippen LogP contribution < -0.4 is 0 Å². The molecular formula is C14H17NO5. The molecule has 3 aliphatic rings. The standard InChI is InChI=1S/C14H17NO5/c1-3-19-12(16)8-20-14(18)10-6-4-9-5-7-11(10)15(2)13(9)17/h5-7,9,11H,3-4,8H2,1-2H3/t9-,11-/m1/s1. The molecule has 0 aromatic heterocycles. The summed E-state index contributed by atoms with van der Waals surface area (Å²) >= 11 is 0. The molecule has 1 amide bonds. The van der Waals surface area contributed by atoms with E-state index in [-0.39, 0.29) is 18.4 Å². The van der Waals surface area contributed by atoms with Gasteiger partial charge >= 0.3 is 11.9 Å². The normalized spacial score (nSPS) is 24.2. The SMILES string of the molecule is CCOC(=O)COC(=O)C1=CC[C@@H]2C=C[C@H]1N(C)C2=O. The Labute approximate surface area is 117 Å². The zero-order valence-electron chi connectivity index (χ0n) is 11.5. The molecule has 2 bridgehead atoms. The molecule has 0 N–H and O–H groups in total. The number of amides is 1. The lowest BCUT2D eigenvalue weighted by molar-refractivity contribution is -0.156. The summed E-state index contributed by atoms with van der Waals surface area (Å²) in [7, 11) is 1.65. The lowest BCUT2D eigenvalue weighted by Crippen LogP contribution is -2.43. The highest BCUT2D eigenvalue weighted by atomic mass is 16.6. The second-order valence-corrected chi connectivity index (χ2v) is 4.66. The van der Waals surface area contributed by atoms with Gasteiger partial charge in [-0.1, -0.05) is 18.2 Å². The van der Waals surface area contributed by atoms with Crippen molar-refractivity contribution in [1.29, 1.82) is 0 Å². The Hall–Kier alpha value is -2.11. The zero-order valence-corrected chi connectivity index (χ0v) is 11.5. The summed E-state index contributed by atoms with van der Waals surface area (Å²) in [5.74, 6) is -1.40. The molecule has 0 aromatic carbocycles. The van der Waals surface area contributed by atoms with Crippen LogP contribution in [0.4, 0.5) is 0 Å². The van der Waals surface area contributed by atoms with Gasteiger partial charge in [0, 0.05) is 7.05 Å². The molecule has 0 saturated heterocycles. The first kappa shape index (κ1) is 14.3. The molecule has 0 aromatic rings. The molecule has 6 nitrogen and oxygen atoms in total. The fourth-order valence-electron chi connectivity index (χ4n) is 2.33. The van der Waals surface area contributed by atoms with Crippen LogP contribution in [0.25, 0.3) is 0 Å². The van der Waals surface area contributed by atoms with E-state index in [9.17, 15) is 14.4 Å². The van der Waals surface area contributed by atoms with E-state index < -0.39 is 24.6 Å². The lowest BCUT2D eigenvalue weighted by Gasteiger charge is -2.30. The van der Waals surface area contributed by atoms with Crippen molar-refractivity contribution in [2.24, 2.45) is 5.92 Å². The third-order valence-electron chi connectivity index (χ3n) is 3.38. The number of nitrogens with zero attached hydrogens (tertiary/aromatic N) is 1. The van der Waals surface area contributed by atoms with Crippen LogP contribution in [-0.2, 0) is 23.9 Å². The predicted molar refractivity (Wildman–Crippen MR) is 69.5 cm³/mol. The van der Waals surface area contributed by atoms with Crippen LogP contribution in [0.1, 0.15) is 13.3 Å². The van der Waals surface area contributed by atoms with Gasteiger partial charge in [-0.2, -0.15) is 0 Å². The first-order valence-corrected chi connectivity index (χ1v) is 6.52. The van der Waals surface area contributed by atoms with Gasteiger partial charge in [0.2, 0.25) is 5.91 Å². The topological polar surface area (TPSA) is 72.9 Å². The van der Waals surface area contributed by atoms with E-state index in [0.29, 0.717) is 12.0 Å². The van der Waals surface area contributed by atoms with Crippen LogP contribution in [-0.4, -0.2) is 49.0 Å². The van der Waals surface area contributed by atoms with E-state index in [1.165, 1.54) is 4.90 Å². The Morgan fingerprint density at radius 2 is 2.10 bits per heavy atom. The summed E-state index contributed by atoms with van der Waals surface area (Å²) in [4.78, 5) is 36.7. The summed E-state index contributed by atoms with van der Waals surface area (Å²) in [6.07, 6.45) is 5.82. The first-order chi connectivity index (χ1) is 9.54. The summed E-state index contributed by atoms with van der Waals surface area (Å²) in [5, 5.41) is 0. The number of hydrogen-bond donors (Lipinski definition) is 0. The van der Waals surface area contributed by atoms with E-state index in [4.69, 9.17) is 4.74 Å². The van der Waals surface area contributed by atoms with Crippen molar-refractivity contribution >= 4 is 17.8 Å². The summed E-state index contributed by atoms with van der Waals surface area (Å²) in [5.41, 5.74) is 0.390. The molecule has 3 rings (SSSR count). The summed E-state index contributed by atoms with van der Waals surface area (Å²) in [6, 6.07) is -0.420. The number of esters is 2. The van der Waals surface area contributed by atoms with Crippen molar-refractivity contribution in [3.63, 3.8) is 0 Å². The fourth-order valence-corrected chi connectivity index (χ4v) is 2.33. The molecule has 2 aliphatic heterocycles. The summed E-state index contributed by atoms with van der Waals surface area (Å²) < 4.78 is 9.62. The van der Waals surface area contributed by atoms with Gasteiger partial charge in [0.25, 0.3) is 0 Å². The van der Waals surface area contributed by atoms with Crippen LogP contribution in [0.5, 0.6) is 0 Å². The average molecular weight is 279 g/mol. The third kappa shape index (κ3) is 2.74. The number of ether oxygens (including phenoxy) is 2.